The van der Waals surface area contributed by atoms with Crippen molar-refractivity contribution >= 4 is 0 Å². The predicted molar refractivity (Wildman–Crippen MR) is 54.7 cm³/mol. The number of rotatable bonds is 6. The monoisotopic (exact) mass is 179 g/mol. The van der Waals surface area contributed by atoms with Crippen molar-refractivity contribution in [2.45, 2.75) is 25.8 Å². The Morgan fingerprint density at radius 1 is 1.69 bits per heavy atom. The van der Waals surface area contributed by atoms with Crippen LogP contribution in [0.25, 0.3) is 0 Å². The van der Waals surface area contributed by atoms with E-state index in [4.69, 9.17) is 4.42 Å². The maximum absolute atomic E-state index is 5.24. The van der Waals surface area contributed by atoms with Gasteiger partial charge in [-0.15, -0.1) is 6.58 Å². The van der Waals surface area contributed by atoms with Crippen LogP contribution in [0, 0.1) is 0 Å². The molecular formula is C11H17NO. The fourth-order valence-electron chi connectivity index (χ4n) is 1.32. The van der Waals surface area contributed by atoms with E-state index in [0.717, 1.165) is 25.1 Å². The van der Waals surface area contributed by atoms with Gasteiger partial charge in [0.2, 0.25) is 0 Å². The summed E-state index contributed by atoms with van der Waals surface area (Å²) in [5.41, 5.74) is 0. The largest absolute Gasteiger partial charge is 0.469 e. The van der Waals surface area contributed by atoms with Gasteiger partial charge < -0.3 is 9.73 Å². The third kappa shape index (κ3) is 3.47. The van der Waals surface area contributed by atoms with Crippen molar-refractivity contribution in [3.8, 4) is 0 Å². The molecule has 0 spiro atoms. The average molecular weight is 179 g/mol. The van der Waals surface area contributed by atoms with Crippen LogP contribution in [0.5, 0.6) is 0 Å². The van der Waals surface area contributed by atoms with Crippen molar-refractivity contribution < 1.29 is 4.42 Å². The molecule has 1 rings (SSSR count). The smallest absolute Gasteiger partial charge is 0.103 e. The number of aryl methyl sites for hydroxylation is 1. The van der Waals surface area contributed by atoms with E-state index in [1.165, 1.54) is 0 Å². The summed E-state index contributed by atoms with van der Waals surface area (Å²) in [6.45, 7) is 6.87. The van der Waals surface area contributed by atoms with Crippen molar-refractivity contribution in [3.63, 3.8) is 0 Å². The van der Waals surface area contributed by atoms with Gasteiger partial charge in [-0.3, -0.25) is 0 Å². The first-order valence-corrected chi connectivity index (χ1v) is 4.75. The molecule has 0 bridgehead atoms. The predicted octanol–water partition coefficient (Wildman–Crippen LogP) is 2.38. The minimum absolute atomic E-state index is 0.398. The number of nitrogens with one attached hydrogen (secondary N) is 1. The number of furan rings is 1. The van der Waals surface area contributed by atoms with Crippen molar-refractivity contribution in [1.29, 1.82) is 0 Å². The third-order valence-corrected chi connectivity index (χ3v) is 2.03. The Kier molecular flexibility index (Phi) is 4.33. The van der Waals surface area contributed by atoms with Crippen LogP contribution in [-0.2, 0) is 6.42 Å². The van der Waals surface area contributed by atoms with Gasteiger partial charge in [0.1, 0.15) is 5.76 Å². The first-order chi connectivity index (χ1) is 6.36. The normalized spacial score (nSPS) is 12.7. The van der Waals surface area contributed by atoms with Crippen LogP contribution in [-0.4, -0.2) is 12.6 Å². The highest BCUT2D eigenvalue weighted by molar-refractivity contribution is 4.99. The topological polar surface area (TPSA) is 25.2 Å². The lowest BCUT2D eigenvalue weighted by molar-refractivity contribution is 0.480. The summed E-state index contributed by atoms with van der Waals surface area (Å²) in [7, 11) is 0. The number of hydrogen-bond acceptors (Lipinski definition) is 2. The molecule has 0 fully saturated rings. The lowest BCUT2D eigenvalue weighted by Crippen LogP contribution is -2.26. The van der Waals surface area contributed by atoms with Crippen molar-refractivity contribution in [1.82, 2.24) is 5.32 Å². The van der Waals surface area contributed by atoms with E-state index in [1.54, 1.807) is 6.26 Å². The van der Waals surface area contributed by atoms with Gasteiger partial charge in [0.05, 0.1) is 6.26 Å². The van der Waals surface area contributed by atoms with Crippen molar-refractivity contribution in [2.75, 3.05) is 6.54 Å². The first-order valence-electron chi connectivity index (χ1n) is 4.75. The molecule has 1 aromatic heterocycles. The van der Waals surface area contributed by atoms with Crippen LogP contribution in [0.2, 0.25) is 0 Å². The molecule has 1 atom stereocenters. The molecule has 1 N–H and O–H groups in total. The second-order valence-corrected chi connectivity index (χ2v) is 3.02. The van der Waals surface area contributed by atoms with Gasteiger partial charge in [-0.1, -0.05) is 13.0 Å². The van der Waals surface area contributed by atoms with E-state index < -0.39 is 0 Å². The highest BCUT2D eigenvalue weighted by Crippen LogP contribution is 2.06. The van der Waals surface area contributed by atoms with Crippen LogP contribution in [0.1, 0.15) is 19.1 Å². The van der Waals surface area contributed by atoms with Gasteiger partial charge in [-0.05, 0) is 25.1 Å². The van der Waals surface area contributed by atoms with Crippen LogP contribution in [0.15, 0.2) is 35.5 Å². The summed E-state index contributed by atoms with van der Waals surface area (Å²) in [6.07, 6.45) is 5.68. The highest BCUT2D eigenvalue weighted by atomic mass is 16.3. The molecule has 0 aliphatic carbocycles. The molecule has 0 saturated carbocycles. The minimum Gasteiger partial charge on any atom is -0.469 e. The summed E-state index contributed by atoms with van der Waals surface area (Å²) in [5.74, 6) is 1.05. The van der Waals surface area contributed by atoms with Crippen LogP contribution >= 0.6 is 0 Å². The molecule has 0 aliphatic heterocycles. The molecule has 72 valence electrons. The molecular weight excluding hydrogens is 162 g/mol. The van der Waals surface area contributed by atoms with Crippen LogP contribution in [0.3, 0.4) is 0 Å². The highest BCUT2D eigenvalue weighted by Gasteiger charge is 2.03. The Hall–Kier alpha value is -1.02. The molecule has 1 unspecified atom stereocenters. The molecule has 0 aromatic carbocycles. The van der Waals surface area contributed by atoms with Gasteiger partial charge >= 0.3 is 0 Å². The van der Waals surface area contributed by atoms with E-state index >= 15 is 0 Å². The first kappa shape index (κ1) is 10.1. The third-order valence-electron chi connectivity index (χ3n) is 2.03. The summed E-state index contributed by atoms with van der Waals surface area (Å²) in [5, 5.41) is 3.33. The summed E-state index contributed by atoms with van der Waals surface area (Å²) in [6, 6.07) is 4.33. The van der Waals surface area contributed by atoms with E-state index in [-0.39, 0.29) is 0 Å². The molecule has 0 saturated heterocycles. The lowest BCUT2D eigenvalue weighted by Gasteiger charge is -2.11. The zero-order valence-electron chi connectivity index (χ0n) is 8.12. The Balaban J connectivity index is 2.27. The SMILES string of the molecule is C=CC(CCc1ccco1)NCC. The average Bonchev–Trinajstić information content (AvgIpc) is 2.64. The molecule has 0 amide bonds. The summed E-state index contributed by atoms with van der Waals surface area (Å²) < 4.78 is 5.24. The van der Waals surface area contributed by atoms with Gasteiger partial charge in [0, 0.05) is 12.5 Å². The van der Waals surface area contributed by atoms with E-state index in [2.05, 4.69) is 18.8 Å². The quantitative estimate of drug-likeness (QED) is 0.678. The van der Waals surface area contributed by atoms with Gasteiger partial charge in [-0.2, -0.15) is 0 Å². The molecule has 13 heavy (non-hydrogen) atoms. The lowest BCUT2D eigenvalue weighted by atomic mass is 10.1. The zero-order chi connectivity index (χ0) is 9.52. The molecule has 0 radical (unpaired) electrons. The van der Waals surface area contributed by atoms with E-state index in [1.807, 2.05) is 18.2 Å². The number of hydrogen-bond donors (Lipinski definition) is 1. The second kappa shape index (κ2) is 5.60. The Labute approximate surface area is 79.6 Å². The molecule has 1 aromatic rings. The van der Waals surface area contributed by atoms with Crippen LogP contribution in [0.4, 0.5) is 0 Å². The van der Waals surface area contributed by atoms with Crippen LogP contribution < -0.4 is 5.32 Å². The van der Waals surface area contributed by atoms with Crippen molar-refractivity contribution in [3.05, 3.63) is 36.8 Å². The fourth-order valence-corrected chi connectivity index (χ4v) is 1.32. The van der Waals surface area contributed by atoms with Gasteiger partial charge in [0.25, 0.3) is 0 Å². The Bertz CT molecular complexity index is 228. The maximum Gasteiger partial charge on any atom is 0.103 e. The summed E-state index contributed by atoms with van der Waals surface area (Å²) >= 11 is 0. The minimum atomic E-state index is 0.398. The second-order valence-electron chi connectivity index (χ2n) is 3.02. The van der Waals surface area contributed by atoms with Crippen molar-refractivity contribution in [2.24, 2.45) is 0 Å². The Morgan fingerprint density at radius 3 is 3.08 bits per heavy atom. The van der Waals surface area contributed by atoms with E-state index in [9.17, 15) is 0 Å². The maximum atomic E-state index is 5.24. The van der Waals surface area contributed by atoms with E-state index in [0.29, 0.717) is 6.04 Å². The molecule has 2 nitrogen and oxygen atoms in total. The fraction of sp³-hybridized carbons (Fsp3) is 0.455. The zero-order valence-corrected chi connectivity index (χ0v) is 8.12. The van der Waals surface area contributed by atoms with Gasteiger partial charge in [0.15, 0.2) is 0 Å². The molecule has 2 heteroatoms. The summed E-state index contributed by atoms with van der Waals surface area (Å²) in [4.78, 5) is 0. The standard InChI is InChI=1S/C11H17NO/c1-3-10(12-4-2)7-8-11-6-5-9-13-11/h3,5-6,9-10,12H,1,4,7-8H2,2H3. The Morgan fingerprint density at radius 2 is 2.54 bits per heavy atom. The number of likely N-dealkylation sites (N-methyl/N-ethyl adjacent to an activating group) is 1. The van der Waals surface area contributed by atoms with Gasteiger partial charge in [-0.25, -0.2) is 0 Å². The molecule has 1 heterocycles. The molecule has 0 aliphatic rings.